The number of rotatable bonds is 5. The minimum Gasteiger partial charge on any atom is -0.393 e. The largest absolute Gasteiger partial charge is 0.393 e. The average molecular weight is 198 g/mol. The maximum Gasteiger partial charge on any atom is 0.0540 e. The molecule has 0 spiro atoms. The summed E-state index contributed by atoms with van der Waals surface area (Å²) in [5.74, 6) is 1.84. The molecule has 1 saturated carbocycles. The molecule has 1 fully saturated rings. The summed E-state index contributed by atoms with van der Waals surface area (Å²) in [6.45, 7) is 4.51. The molecular formula is C13H26O. The Morgan fingerprint density at radius 1 is 1.29 bits per heavy atom. The van der Waals surface area contributed by atoms with E-state index in [1.54, 1.807) is 0 Å². The zero-order valence-electron chi connectivity index (χ0n) is 9.84. The lowest BCUT2D eigenvalue weighted by atomic mass is 9.80. The predicted molar refractivity (Wildman–Crippen MR) is 61.3 cm³/mol. The van der Waals surface area contributed by atoms with Gasteiger partial charge in [-0.3, -0.25) is 0 Å². The van der Waals surface area contributed by atoms with E-state index >= 15 is 0 Å². The van der Waals surface area contributed by atoms with Gasteiger partial charge in [0.2, 0.25) is 0 Å². The molecule has 14 heavy (non-hydrogen) atoms. The quantitative estimate of drug-likeness (QED) is 0.713. The van der Waals surface area contributed by atoms with Crippen molar-refractivity contribution in [3.8, 4) is 0 Å². The van der Waals surface area contributed by atoms with Crippen LogP contribution in [0.15, 0.2) is 0 Å². The van der Waals surface area contributed by atoms with Gasteiger partial charge < -0.3 is 5.11 Å². The van der Waals surface area contributed by atoms with Gasteiger partial charge in [-0.2, -0.15) is 0 Å². The molecule has 0 radical (unpaired) electrons. The molecule has 3 unspecified atom stereocenters. The van der Waals surface area contributed by atoms with Gasteiger partial charge in [-0.1, -0.05) is 39.5 Å². The maximum atomic E-state index is 9.65. The Kier molecular flexibility index (Phi) is 5.54. The van der Waals surface area contributed by atoms with E-state index in [0.29, 0.717) is 0 Å². The third-order valence-electron chi connectivity index (χ3n) is 3.58. The normalized spacial score (nSPS) is 30.2. The molecule has 0 bridgehead atoms. The highest BCUT2D eigenvalue weighted by molar-refractivity contribution is 4.71. The van der Waals surface area contributed by atoms with Crippen LogP contribution in [-0.2, 0) is 0 Å². The van der Waals surface area contributed by atoms with Crippen molar-refractivity contribution in [1.82, 2.24) is 0 Å². The molecule has 0 heterocycles. The second-order valence-electron chi connectivity index (χ2n) is 5.16. The van der Waals surface area contributed by atoms with E-state index in [1.165, 1.54) is 32.1 Å². The Labute approximate surface area is 88.9 Å². The number of hydrogen-bond acceptors (Lipinski definition) is 1. The Bertz CT molecular complexity index is 144. The Balaban J connectivity index is 2.10. The second-order valence-corrected chi connectivity index (χ2v) is 5.16. The van der Waals surface area contributed by atoms with Gasteiger partial charge in [-0.25, -0.2) is 0 Å². The van der Waals surface area contributed by atoms with Crippen LogP contribution in [0.5, 0.6) is 0 Å². The van der Waals surface area contributed by atoms with Gasteiger partial charge in [0, 0.05) is 0 Å². The highest BCUT2D eigenvalue weighted by Crippen LogP contribution is 2.31. The third kappa shape index (κ3) is 4.45. The topological polar surface area (TPSA) is 20.2 Å². The van der Waals surface area contributed by atoms with Crippen LogP contribution in [-0.4, -0.2) is 11.2 Å². The Morgan fingerprint density at radius 2 is 2.07 bits per heavy atom. The summed E-state index contributed by atoms with van der Waals surface area (Å²) in [7, 11) is 0. The van der Waals surface area contributed by atoms with Gasteiger partial charge in [0.1, 0.15) is 0 Å². The van der Waals surface area contributed by atoms with Gasteiger partial charge in [-0.15, -0.1) is 0 Å². The first-order valence-corrected chi connectivity index (χ1v) is 6.40. The summed E-state index contributed by atoms with van der Waals surface area (Å²) in [6, 6.07) is 0. The second kappa shape index (κ2) is 6.44. The summed E-state index contributed by atoms with van der Waals surface area (Å²) >= 11 is 0. The molecule has 3 atom stereocenters. The first-order chi connectivity index (χ1) is 6.72. The summed E-state index contributed by atoms with van der Waals surface area (Å²) in [5, 5.41) is 9.65. The lowest BCUT2D eigenvalue weighted by Gasteiger charge is -2.27. The van der Waals surface area contributed by atoms with Gasteiger partial charge in [0.25, 0.3) is 0 Å². The van der Waals surface area contributed by atoms with Crippen molar-refractivity contribution in [2.24, 2.45) is 11.8 Å². The van der Waals surface area contributed by atoms with E-state index in [0.717, 1.165) is 31.1 Å². The molecular weight excluding hydrogens is 172 g/mol. The fraction of sp³-hybridized carbons (Fsp3) is 1.00. The monoisotopic (exact) mass is 198 g/mol. The van der Waals surface area contributed by atoms with Crippen LogP contribution in [0, 0.1) is 11.8 Å². The summed E-state index contributed by atoms with van der Waals surface area (Å²) < 4.78 is 0. The van der Waals surface area contributed by atoms with Crippen molar-refractivity contribution in [2.75, 3.05) is 0 Å². The molecule has 0 amide bonds. The zero-order chi connectivity index (χ0) is 10.4. The maximum absolute atomic E-state index is 9.65. The molecule has 1 aliphatic carbocycles. The number of aliphatic hydroxyl groups excluding tert-OH is 1. The highest BCUT2D eigenvalue weighted by atomic mass is 16.3. The minimum absolute atomic E-state index is 0.0303. The van der Waals surface area contributed by atoms with E-state index in [9.17, 15) is 5.11 Å². The SMILES string of the molecule is CCCC(O)CCC1CCCC(C)C1. The molecule has 1 nitrogen and oxygen atoms in total. The third-order valence-corrected chi connectivity index (χ3v) is 3.58. The number of aliphatic hydroxyl groups is 1. The highest BCUT2D eigenvalue weighted by Gasteiger charge is 2.19. The van der Waals surface area contributed by atoms with Crippen LogP contribution in [0.3, 0.4) is 0 Å². The van der Waals surface area contributed by atoms with Crippen LogP contribution in [0.4, 0.5) is 0 Å². The molecule has 0 saturated heterocycles. The summed E-state index contributed by atoms with van der Waals surface area (Å²) in [4.78, 5) is 0. The molecule has 1 heteroatoms. The minimum atomic E-state index is -0.0303. The predicted octanol–water partition coefficient (Wildman–Crippen LogP) is 3.75. The van der Waals surface area contributed by atoms with Gasteiger partial charge in [0.05, 0.1) is 6.10 Å². The molecule has 1 aliphatic rings. The van der Waals surface area contributed by atoms with Crippen molar-refractivity contribution in [3.63, 3.8) is 0 Å². The average Bonchev–Trinajstić information content (AvgIpc) is 2.15. The molecule has 0 aromatic heterocycles. The fourth-order valence-electron chi connectivity index (χ4n) is 2.73. The van der Waals surface area contributed by atoms with E-state index < -0.39 is 0 Å². The molecule has 1 rings (SSSR count). The van der Waals surface area contributed by atoms with Crippen molar-refractivity contribution < 1.29 is 5.11 Å². The molecule has 1 N–H and O–H groups in total. The van der Waals surface area contributed by atoms with E-state index in [-0.39, 0.29) is 6.10 Å². The fourth-order valence-corrected chi connectivity index (χ4v) is 2.73. The van der Waals surface area contributed by atoms with Crippen molar-refractivity contribution >= 4 is 0 Å². The molecule has 0 aromatic rings. The van der Waals surface area contributed by atoms with Crippen molar-refractivity contribution in [2.45, 2.75) is 71.3 Å². The smallest absolute Gasteiger partial charge is 0.0540 e. The zero-order valence-corrected chi connectivity index (χ0v) is 9.84. The van der Waals surface area contributed by atoms with Crippen molar-refractivity contribution in [1.29, 1.82) is 0 Å². The molecule has 0 aliphatic heterocycles. The molecule has 84 valence electrons. The van der Waals surface area contributed by atoms with E-state index in [2.05, 4.69) is 13.8 Å². The lowest BCUT2D eigenvalue weighted by Crippen LogP contribution is -2.16. The van der Waals surface area contributed by atoms with Crippen molar-refractivity contribution in [3.05, 3.63) is 0 Å². The van der Waals surface area contributed by atoms with Crippen LogP contribution in [0.2, 0.25) is 0 Å². The first kappa shape index (κ1) is 12.0. The lowest BCUT2D eigenvalue weighted by molar-refractivity contribution is 0.135. The van der Waals surface area contributed by atoms with Crippen LogP contribution in [0.25, 0.3) is 0 Å². The van der Waals surface area contributed by atoms with Gasteiger partial charge in [0.15, 0.2) is 0 Å². The standard InChI is InChI=1S/C13H26O/c1-3-5-13(14)9-8-12-7-4-6-11(2)10-12/h11-14H,3-10H2,1-2H3. The van der Waals surface area contributed by atoms with Crippen LogP contribution >= 0.6 is 0 Å². The Morgan fingerprint density at radius 3 is 2.71 bits per heavy atom. The van der Waals surface area contributed by atoms with Gasteiger partial charge >= 0.3 is 0 Å². The van der Waals surface area contributed by atoms with E-state index in [1.807, 2.05) is 0 Å². The van der Waals surface area contributed by atoms with Crippen LogP contribution in [0.1, 0.15) is 65.2 Å². The first-order valence-electron chi connectivity index (χ1n) is 6.40. The summed E-state index contributed by atoms with van der Waals surface area (Å²) in [5.41, 5.74) is 0. The summed E-state index contributed by atoms with van der Waals surface area (Å²) in [6.07, 6.45) is 10.0. The molecule has 0 aromatic carbocycles. The van der Waals surface area contributed by atoms with Gasteiger partial charge in [-0.05, 0) is 37.5 Å². The Hall–Kier alpha value is -0.0400. The number of hydrogen-bond donors (Lipinski definition) is 1. The van der Waals surface area contributed by atoms with Crippen LogP contribution < -0.4 is 0 Å². The van der Waals surface area contributed by atoms with E-state index in [4.69, 9.17) is 0 Å².